The molecule has 0 radical (unpaired) electrons. The van der Waals surface area contributed by atoms with Crippen molar-refractivity contribution in [3.8, 4) is 0 Å². The minimum Gasteiger partial charge on any atom is -0.459 e. The molecule has 2 heteroatoms. The van der Waals surface area contributed by atoms with Gasteiger partial charge in [-0.25, -0.2) is 0 Å². The highest BCUT2D eigenvalue weighted by Gasteiger charge is 2.26. The van der Waals surface area contributed by atoms with E-state index in [0.717, 1.165) is 18.8 Å². The number of hydrogen-bond acceptors (Lipinski definition) is 2. The maximum Gasteiger partial charge on any atom is 0.306 e. The van der Waals surface area contributed by atoms with Crippen LogP contribution in [0.3, 0.4) is 0 Å². The summed E-state index contributed by atoms with van der Waals surface area (Å²) in [6, 6.07) is 0. The second-order valence-electron chi connectivity index (χ2n) is 6.23. The van der Waals surface area contributed by atoms with Gasteiger partial charge in [-0.05, 0) is 32.1 Å². The van der Waals surface area contributed by atoms with Gasteiger partial charge in [0.2, 0.25) is 0 Å². The van der Waals surface area contributed by atoms with Gasteiger partial charge in [-0.1, -0.05) is 47.0 Å². The molecule has 102 valence electrons. The molecule has 0 fully saturated rings. The minimum absolute atomic E-state index is 0.0479. The zero-order valence-electron chi connectivity index (χ0n) is 12.5. The van der Waals surface area contributed by atoms with Crippen LogP contribution >= 0.6 is 0 Å². The van der Waals surface area contributed by atoms with Crippen molar-refractivity contribution >= 4 is 5.97 Å². The van der Waals surface area contributed by atoms with E-state index in [1.54, 1.807) is 0 Å². The van der Waals surface area contributed by atoms with Gasteiger partial charge in [-0.15, -0.1) is 0 Å². The van der Waals surface area contributed by atoms with Gasteiger partial charge in [0.05, 0.1) is 0 Å². The van der Waals surface area contributed by atoms with Crippen LogP contribution < -0.4 is 0 Å². The maximum atomic E-state index is 11.6. The molecule has 0 N–H and O–H groups in total. The van der Waals surface area contributed by atoms with E-state index in [2.05, 4.69) is 27.7 Å². The standard InChI is InChI=1S/C15H30O2/c1-12(2)10-8-7-9-11-14(16)17-15(5,6)13(3)4/h12-13H,7-11H2,1-6H3. The van der Waals surface area contributed by atoms with Crippen molar-refractivity contribution in [1.29, 1.82) is 0 Å². The largest absolute Gasteiger partial charge is 0.459 e. The second-order valence-corrected chi connectivity index (χ2v) is 6.23. The van der Waals surface area contributed by atoms with Crippen molar-refractivity contribution < 1.29 is 9.53 Å². The molecule has 0 aromatic carbocycles. The predicted octanol–water partition coefficient (Wildman–Crippen LogP) is 4.57. The average Bonchev–Trinajstić information content (AvgIpc) is 2.15. The number of esters is 1. The summed E-state index contributed by atoms with van der Waals surface area (Å²) in [5, 5.41) is 0. The Kier molecular flexibility index (Phi) is 7.49. The van der Waals surface area contributed by atoms with Gasteiger partial charge < -0.3 is 4.74 Å². The van der Waals surface area contributed by atoms with Crippen molar-refractivity contribution in [2.75, 3.05) is 0 Å². The SMILES string of the molecule is CC(C)CCCCCC(=O)OC(C)(C)C(C)C. The van der Waals surface area contributed by atoms with Crippen LogP contribution in [0, 0.1) is 11.8 Å². The molecule has 0 unspecified atom stereocenters. The van der Waals surface area contributed by atoms with Gasteiger partial charge in [-0.3, -0.25) is 4.79 Å². The van der Waals surface area contributed by atoms with Crippen LogP contribution in [0.15, 0.2) is 0 Å². The zero-order valence-corrected chi connectivity index (χ0v) is 12.5. The normalized spacial score (nSPS) is 12.2. The Morgan fingerprint density at radius 1 is 1.06 bits per heavy atom. The van der Waals surface area contributed by atoms with Gasteiger partial charge in [0.25, 0.3) is 0 Å². The predicted molar refractivity (Wildman–Crippen MR) is 72.9 cm³/mol. The maximum absolute atomic E-state index is 11.6. The summed E-state index contributed by atoms with van der Waals surface area (Å²) in [6.45, 7) is 12.6. The summed E-state index contributed by atoms with van der Waals surface area (Å²) in [7, 11) is 0. The number of ether oxygens (including phenoxy) is 1. The Balaban J connectivity index is 3.67. The number of rotatable bonds is 8. The van der Waals surface area contributed by atoms with Crippen molar-refractivity contribution in [1.82, 2.24) is 0 Å². The molecule has 0 rings (SSSR count). The lowest BCUT2D eigenvalue weighted by molar-refractivity contribution is -0.160. The Bertz CT molecular complexity index is 217. The number of hydrogen-bond donors (Lipinski definition) is 0. The molecule has 0 saturated carbocycles. The van der Waals surface area contributed by atoms with E-state index in [9.17, 15) is 4.79 Å². The number of carbonyl (C=O) groups is 1. The van der Waals surface area contributed by atoms with E-state index < -0.39 is 0 Å². The smallest absolute Gasteiger partial charge is 0.306 e. The highest BCUT2D eigenvalue weighted by Crippen LogP contribution is 2.21. The van der Waals surface area contributed by atoms with E-state index in [0.29, 0.717) is 12.3 Å². The van der Waals surface area contributed by atoms with E-state index >= 15 is 0 Å². The molecule has 0 aliphatic carbocycles. The minimum atomic E-state index is -0.338. The third kappa shape index (κ3) is 8.23. The molecule has 0 aromatic rings. The first kappa shape index (κ1) is 16.5. The molecule has 0 bridgehead atoms. The summed E-state index contributed by atoms with van der Waals surface area (Å²) in [5.41, 5.74) is -0.338. The monoisotopic (exact) mass is 242 g/mol. The molecule has 2 nitrogen and oxygen atoms in total. The van der Waals surface area contributed by atoms with Crippen molar-refractivity contribution in [2.45, 2.75) is 79.2 Å². The Morgan fingerprint density at radius 2 is 1.65 bits per heavy atom. The van der Waals surface area contributed by atoms with Crippen molar-refractivity contribution in [3.63, 3.8) is 0 Å². The zero-order chi connectivity index (χ0) is 13.5. The van der Waals surface area contributed by atoms with E-state index in [1.807, 2.05) is 13.8 Å². The van der Waals surface area contributed by atoms with Crippen LogP contribution in [-0.4, -0.2) is 11.6 Å². The number of carbonyl (C=O) groups excluding carboxylic acids is 1. The third-order valence-corrected chi connectivity index (χ3v) is 3.43. The third-order valence-electron chi connectivity index (χ3n) is 3.43. The molecule has 0 spiro atoms. The quantitative estimate of drug-likeness (QED) is 0.460. The average molecular weight is 242 g/mol. The molecular formula is C15H30O2. The fourth-order valence-corrected chi connectivity index (χ4v) is 1.46. The van der Waals surface area contributed by atoms with Crippen LogP contribution in [-0.2, 0) is 9.53 Å². The Hall–Kier alpha value is -0.530. The summed E-state index contributed by atoms with van der Waals surface area (Å²) in [6.07, 6.45) is 5.13. The molecule has 0 aliphatic heterocycles. The highest BCUT2D eigenvalue weighted by atomic mass is 16.6. The van der Waals surface area contributed by atoms with Crippen molar-refractivity contribution in [2.24, 2.45) is 11.8 Å². The topological polar surface area (TPSA) is 26.3 Å². The molecular weight excluding hydrogens is 212 g/mol. The molecule has 0 amide bonds. The van der Waals surface area contributed by atoms with E-state index in [-0.39, 0.29) is 11.6 Å². The fourth-order valence-electron chi connectivity index (χ4n) is 1.46. The lowest BCUT2D eigenvalue weighted by atomic mass is 9.94. The summed E-state index contributed by atoms with van der Waals surface area (Å²) in [5.74, 6) is 1.07. The van der Waals surface area contributed by atoms with E-state index in [1.165, 1.54) is 12.8 Å². The lowest BCUT2D eigenvalue weighted by Gasteiger charge is -2.29. The van der Waals surface area contributed by atoms with Crippen LogP contribution in [0.5, 0.6) is 0 Å². The first-order valence-electron chi connectivity index (χ1n) is 6.97. The molecule has 0 aliphatic rings. The molecule has 17 heavy (non-hydrogen) atoms. The van der Waals surface area contributed by atoms with Crippen LogP contribution in [0.4, 0.5) is 0 Å². The van der Waals surface area contributed by atoms with Crippen molar-refractivity contribution in [3.05, 3.63) is 0 Å². The summed E-state index contributed by atoms with van der Waals surface area (Å²) >= 11 is 0. The van der Waals surface area contributed by atoms with Crippen LogP contribution in [0.2, 0.25) is 0 Å². The van der Waals surface area contributed by atoms with E-state index in [4.69, 9.17) is 4.74 Å². The van der Waals surface area contributed by atoms with Gasteiger partial charge >= 0.3 is 5.97 Å². The van der Waals surface area contributed by atoms with Gasteiger partial charge in [0.1, 0.15) is 5.60 Å². The lowest BCUT2D eigenvalue weighted by Crippen LogP contribution is -2.33. The number of unbranched alkanes of at least 4 members (excludes halogenated alkanes) is 2. The molecule has 0 atom stereocenters. The second kappa shape index (κ2) is 7.73. The first-order chi connectivity index (χ1) is 7.75. The fraction of sp³-hybridized carbons (Fsp3) is 0.933. The highest BCUT2D eigenvalue weighted by molar-refractivity contribution is 5.69. The Labute approximate surface area is 107 Å². The van der Waals surface area contributed by atoms with Gasteiger partial charge in [0, 0.05) is 6.42 Å². The Morgan fingerprint density at radius 3 is 2.12 bits per heavy atom. The molecule has 0 aromatic heterocycles. The summed E-state index contributed by atoms with van der Waals surface area (Å²) < 4.78 is 5.49. The van der Waals surface area contributed by atoms with Gasteiger partial charge in [-0.2, -0.15) is 0 Å². The molecule has 0 saturated heterocycles. The summed E-state index contributed by atoms with van der Waals surface area (Å²) in [4.78, 5) is 11.6. The van der Waals surface area contributed by atoms with Crippen LogP contribution in [0.1, 0.15) is 73.6 Å². The van der Waals surface area contributed by atoms with Crippen LogP contribution in [0.25, 0.3) is 0 Å². The van der Waals surface area contributed by atoms with Gasteiger partial charge in [0.15, 0.2) is 0 Å². The first-order valence-corrected chi connectivity index (χ1v) is 6.97. The molecule has 0 heterocycles.